The normalized spacial score (nSPS) is 10.7. The number of nitrogens with zero attached hydrogens (tertiary/aromatic N) is 3. The molecule has 0 saturated carbocycles. The van der Waals surface area contributed by atoms with E-state index in [4.69, 9.17) is 4.74 Å². The summed E-state index contributed by atoms with van der Waals surface area (Å²) in [6.07, 6.45) is 2.38. The van der Waals surface area contributed by atoms with Crippen LogP contribution in [0.15, 0.2) is 11.5 Å². The smallest absolute Gasteiger partial charge is 0.341 e. The minimum absolute atomic E-state index is 0.188. The van der Waals surface area contributed by atoms with E-state index < -0.39 is 5.97 Å². The van der Waals surface area contributed by atoms with Crippen molar-refractivity contribution in [1.82, 2.24) is 14.8 Å². The van der Waals surface area contributed by atoms with E-state index in [1.807, 2.05) is 20.9 Å². The summed E-state index contributed by atoms with van der Waals surface area (Å²) in [6, 6.07) is 0. The standard InChI is InChI=1S/C15H20N4O3S2/c1-5-10-9(3)12(14(21)22-6-2)13(24-10)17-11(20)7-23-15-18-16-8-19(15)4/h8H,5-7H2,1-4H3,(H,17,20). The number of carbonyl (C=O) groups excluding carboxylic acids is 2. The number of hydrogen-bond donors (Lipinski definition) is 1. The van der Waals surface area contributed by atoms with E-state index in [0.717, 1.165) is 16.9 Å². The van der Waals surface area contributed by atoms with Crippen LogP contribution in [-0.2, 0) is 23.0 Å². The van der Waals surface area contributed by atoms with Gasteiger partial charge >= 0.3 is 5.97 Å². The summed E-state index contributed by atoms with van der Waals surface area (Å²) in [4.78, 5) is 25.5. The van der Waals surface area contributed by atoms with Crippen molar-refractivity contribution in [2.45, 2.75) is 32.3 Å². The van der Waals surface area contributed by atoms with Gasteiger partial charge in [-0.1, -0.05) is 18.7 Å². The molecule has 1 amide bonds. The van der Waals surface area contributed by atoms with Gasteiger partial charge < -0.3 is 14.6 Å². The van der Waals surface area contributed by atoms with Gasteiger partial charge in [-0.3, -0.25) is 4.79 Å². The number of carbonyl (C=O) groups is 2. The molecular weight excluding hydrogens is 348 g/mol. The van der Waals surface area contributed by atoms with Crippen LogP contribution in [0.2, 0.25) is 0 Å². The number of nitrogens with one attached hydrogen (secondary N) is 1. The van der Waals surface area contributed by atoms with Crippen molar-refractivity contribution in [1.29, 1.82) is 0 Å². The van der Waals surface area contributed by atoms with Gasteiger partial charge in [0.1, 0.15) is 11.3 Å². The summed E-state index contributed by atoms with van der Waals surface area (Å²) in [7, 11) is 1.81. The average molecular weight is 368 g/mol. The first-order chi connectivity index (χ1) is 11.5. The third-order valence-corrected chi connectivity index (χ3v) is 5.69. The Kier molecular flexibility index (Phi) is 6.38. The fourth-order valence-electron chi connectivity index (χ4n) is 2.13. The molecule has 0 atom stereocenters. The molecule has 0 aromatic carbocycles. The van der Waals surface area contributed by atoms with Crippen molar-refractivity contribution in [3.05, 3.63) is 22.3 Å². The first-order valence-corrected chi connectivity index (χ1v) is 9.34. The second-order valence-electron chi connectivity index (χ2n) is 4.99. The minimum Gasteiger partial charge on any atom is -0.462 e. The van der Waals surface area contributed by atoms with Gasteiger partial charge in [0.25, 0.3) is 0 Å². The lowest BCUT2D eigenvalue weighted by Gasteiger charge is -2.07. The Hall–Kier alpha value is -1.87. The number of esters is 1. The quantitative estimate of drug-likeness (QED) is 0.597. The summed E-state index contributed by atoms with van der Waals surface area (Å²) in [5.74, 6) is -0.410. The van der Waals surface area contributed by atoms with Crippen LogP contribution in [0.1, 0.15) is 34.6 Å². The topological polar surface area (TPSA) is 86.1 Å². The molecule has 0 saturated heterocycles. The van der Waals surface area contributed by atoms with Crippen LogP contribution >= 0.6 is 23.1 Å². The minimum atomic E-state index is -0.401. The van der Waals surface area contributed by atoms with Gasteiger partial charge in [0.15, 0.2) is 5.16 Å². The van der Waals surface area contributed by atoms with E-state index in [1.54, 1.807) is 17.8 Å². The zero-order valence-electron chi connectivity index (χ0n) is 14.1. The Labute approximate surface area is 148 Å². The number of amides is 1. The Morgan fingerprint density at radius 2 is 2.17 bits per heavy atom. The number of thioether (sulfide) groups is 1. The number of ether oxygens (including phenoxy) is 1. The van der Waals surface area contributed by atoms with Crippen LogP contribution in [0, 0.1) is 6.92 Å². The lowest BCUT2D eigenvalue weighted by molar-refractivity contribution is -0.113. The molecule has 2 heterocycles. The second-order valence-corrected chi connectivity index (χ2v) is 7.04. The van der Waals surface area contributed by atoms with Crippen LogP contribution in [0.3, 0.4) is 0 Å². The van der Waals surface area contributed by atoms with Gasteiger partial charge in [-0.25, -0.2) is 4.79 Å². The Morgan fingerprint density at radius 3 is 2.75 bits per heavy atom. The SMILES string of the molecule is CCOC(=O)c1c(NC(=O)CSc2nncn2C)sc(CC)c1C. The fourth-order valence-corrected chi connectivity index (χ4v) is 3.97. The van der Waals surface area contributed by atoms with Crippen LogP contribution in [0.4, 0.5) is 5.00 Å². The zero-order valence-corrected chi connectivity index (χ0v) is 15.7. The fraction of sp³-hybridized carbons (Fsp3) is 0.467. The highest BCUT2D eigenvalue weighted by atomic mass is 32.2. The summed E-state index contributed by atoms with van der Waals surface area (Å²) in [6.45, 7) is 5.95. The molecule has 7 nitrogen and oxygen atoms in total. The van der Waals surface area contributed by atoms with Gasteiger partial charge in [-0.15, -0.1) is 21.5 Å². The highest BCUT2D eigenvalue weighted by Gasteiger charge is 2.23. The third kappa shape index (κ3) is 4.15. The maximum absolute atomic E-state index is 12.2. The lowest BCUT2D eigenvalue weighted by atomic mass is 10.1. The van der Waals surface area contributed by atoms with Gasteiger partial charge in [0, 0.05) is 11.9 Å². The lowest BCUT2D eigenvalue weighted by Crippen LogP contribution is -2.16. The molecule has 0 unspecified atom stereocenters. The molecule has 0 radical (unpaired) electrons. The van der Waals surface area contributed by atoms with Gasteiger partial charge in [0.05, 0.1) is 17.9 Å². The molecule has 0 aliphatic rings. The number of anilines is 1. The molecule has 24 heavy (non-hydrogen) atoms. The molecule has 0 bridgehead atoms. The van der Waals surface area contributed by atoms with E-state index in [9.17, 15) is 9.59 Å². The van der Waals surface area contributed by atoms with Crippen LogP contribution in [0.25, 0.3) is 0 Å². The zero-order chi connectivity index (χ0) is 17.7. The average Bonchev–Trinajstić information content (AvgIpc) is 3.08. The van der Waals surface area contributed by atoms with Crippen LogP contribution in [0.5, 0.6) is 0 Å². The van der Waals surface area contributed by atoms with E-state index in [2.05, 4.69) is 15.5 Å². The molecule has 1 N–H and O–H groups in total. The van der Waals surface area contributed by atoms with E-state index >= 15 is 0 Å². The molecule has 2 aromatic rings. The molecule has 0 fully saturated rings. The number of thiophene rings is 1. The maximum atomic E-state index is 12.2. The molecule has 2 rings (SSSR count). The van der Waals surface area contributed by atoms with Crippen molar-refractivity contribution in [2.24, 2.45) is 7.05 Å². The van der Waals surface area contributed by atoms with E-state index in [-0.39, 0.29) is 11.7 Å². The highest BCUT2D eigenvalue weighted by Crippen LogP contribution is 2.34. The Bertz CT molecular complexity index is 739. The largest absolute Gasteiger partial charge is 0.462 e. The molecule has 2 aromatic heterocycles. The molecule has 0 aliphatic carbocycles. The van der Waals surface area contributed by atoms with Crippen molar-refractivity contribution >= 4 is 40.0 Å². The Balaban J connectivity index is 2.11. The van der Waals surface area contributed by atoms with Crippen molar-refractivity contribution in [3.8, 4) is 0 Å². The van der Waals surface area contributed by atoms with E-state index in [0.29, 0.717) is 22.3 Å². The van der Waals surface area contributed by atoms with Crippen LogP contribution < -0.4 is 5.32 Å². The number of aryl methyl sites for hydroxylation is 2. The molecule has 0 aliphatic heterocycles. The summed E-state index contributed by atoms with van der Waals surface area (Å²) < 4.78 is 6.86. The first kappa shape index (κ1) is 18.5. The monoisotopic (exact) mass is 368 g/mol. The molecule has 0 spiro atoms. The van der Waals surface area contributed by atoms with Gasteiger partial charge in [-0.05, 0) is 25.8 Å². The summed E-state index contributed by atoms with van der Waals surface area (Å²) >= 11 is 2.71. The van der Waals surface area contributed by atoms with Crippen molar-refractivity contribution < 1.29 is 14.3 Å². The molecular formula is C15H20N4O3S2. The number of rotatable bonds is 7. The number of hydrogen-bond acceptors (Lipinski definition) is 7. The van der Waals surface area contributed by atoms with Crippen LogP contribution in [-0.4, -0.2) is 39.0 Å². The summed E-state index contributed by atoms with van der Waals surface area (Å²) in [5.41, 5.74) is 1.33. The van der Waals surface area contributed by atoms with E-state index in [1.165, 1.54) is 23.1 Å². The molecule has 130 valence electrons. The Morgan fingerprint density at radius 1 is 1.42 bits per heavy atom. The van der Waals surface area contributed by atoms with Gasteiger partial charge in [-0.2, -0.15) is 0 Å². The maximum Gasteiger partial charge on any atom is 0.341 e. The van der Waals surface area contributed by atoms with Gasteiger partial charge in [0.2, 0.25) is 5.91 Å². The predicted molar refractivity (Wildman–Crippen MR) is 94.7 cm³/mol. The number of aromatic nitrogens is 3. The third-order valence-electron chi connectivity index (χ3n) is 3.30. The van der Waals surface area contributed by atoms with Crippen molar-refractivity contribution in [2.75, 3.05) is 17.7 Å². The molecule has 9 heteroatoms. The predicted octanol–water partition coefficient (Wildman–Crippen LogP) is 2.65. The van der Waals surface area contributed by atoms with Crippen molar-refractivity contribution in [3.63, 3.8) is 0 Å². The second kappa shape index (κ2) is 8.29. The first-order valence-electron chi connectivity index (χ1n) is 7.53. The summed E-state index contributed by atoms with van der Waals surface area (Å²) in [5, 5.41) is 11.7. The highest BCUT2D eigenvalue weighted by molar-refractivity contribution is 7.99.